The van der Waals surface area contributed by atoms with Gasteiger partial charge in [-0.15, -0.1) is 0 Å². The lowest BCUT2D eigenvalue weighted by Gasteiger charge is -2.07. The predicted octanol–water partition coefficient (Wildman–Crippen LogP) is 3.85. The Hall–Kier alpha value is -1.39. The number of halogens is 2. The van der Waals surface area contributed by atoms with Crippen LogP contribution in [0.3, 0.4) is 0 Å². The molecule has 2 rings (SSSR count). The molecular formula is C13H9BrClNO2. The third kappa shape index (κ3) is 3.09. The number of rotatable bonds is 3. The molecule has 0 spiro atoms. The molecule has 0 bridgehead atoms. The van der Waals surface area contributed by atoms with Crippen LogP contribution in [0, 0.1) is 0 Å². The molecule has 0 fully saturated rings. The highest BCUT2D eigenvalue weighted by atomic mass is 79.9. The smallest absolute Gasteiger partial charge is 0.341 e. The number of nitrogens with zero attached hydrogens (tertiary/aromatic N) is 1. The lowest BCUT2D eigenvalue weighted by molar-refractivity contribution is 0.0471. The third-order valence-corrected chi connectivity index (χ3v) is 3.30. The number of hydrogen-bond acceptors (Lipinski definition) is 3. The van der Waals surface area contributed by atoms with Crippen LogP contribution in [0.1, 0.15) is 15.9 Å². The number of carbonyl (C=O) groups excluding carboxylic acids is 1. The number of benzene rings is 1. The Bertz CT molecular complexity index is 574. The van der Waals surface area contributed by atoms with Crippen LogP contribution in [0.5, 0.6) is 0 Å². The van der Waals surface area contributed by atoms with Crippen LogP contribution in [-0.4, -0.2) is 11.0 Å². The van der Waals surface area contributed by atoms with Crippen molar-refractivity contribution in [3.8, 4) is 0 Å². The molecule has 18 heavy (non-hydrogen) atoms. The van der Waals surface area contributed by atoms with E-state index in [1.807, 2.05) is 18.2 Å². The number of pyridine rings is 1. The molecule has 0 N–H and O–H groups in total. The van der Waals surface area contributed by atoms with Crippen molar-refractivity contribution in [3.63, 3.8) is 0 Å². The summed E-state index contributed by atoms with van der Waals surface area (Å²) in [4.78, 5) is 15.8. The molecule has 2 aromatic rings. The minimum Gasteiger partial charge on any atom is -0.457 e. The largest absolute Gasteiger partial charge is 0.457 e. The fourth-order valence-electron chi connectivity index (χ4n) is 1.37. The molecule has 0 aliphatic heterocycles. The van der Waals surface area contributed by atoms with Crippen molar-refractivity contribution < 1.29 is 9.53 Å². The highest BCUT2D eigenvalue weighted by molar-refractivity contribution is 9.10. The van der Waals surface area contributed by atoms with Crippen LogP contribution in [0.4, 0.5) is 0 Å². The van der Waals surface area contributed by atoms with E-state index in [9.17, 15) is 4.79 Å². The zero-order chi connectivity index (χ0) is 13.0. The summed E-state index contributed by atoms with van der Waals surface area (Å²) in [6, 6.07) is 10.6. The zero-order valence-corrected chi connectivity index (χ0v) is 11.6. The Morgan fingerprint density at radius 2 is 2.06 bits per heavy atom. The van der Waals surface area contributed by atoms with Gasteiger partial charge in [0.15, 0.2) is 0 Å². The molecule has 0 aliphatic carbocycles. The van der Waals surface area contributed by atoms with Crippen molar-refractivity contribution in [2.24, 2.45) is 0 Å². The molecule has 0 unspecified atom stereocenters. The molecule has 5 heteroatoms. The van der Waals surface area contributed by atoms with Crippen molar-refractivity contribution in [2.75, 3.05) is 0 Å². The summed E-state index contributed by atoms with van der Waals surface area (Å²) in [5.74, 6) is -0.435. The van der Waals surface area contributed by atoms with E-state index >= 15 is 0 Å². The van der Waals surface area contributed by atoms with Crippen molar-refractivity contribution >= 4 is 33.5 Å². The molecule has 0 amide bonds. The molecule has 1 aromatic carbocycles. The molecule has 0 saturated heterocycles. The summed E-state index contributed by atoms with van der Waals surface area (Å²) in [5, 5.41) is 0.579. The van der Waals surface area contributed by atoms with E-state index in [0.717, 1.165) is 5.56 Å². The summed E-state index contributed by atoms with van der Waals surface area (Å²) >= 11 is 9.17. The standard InChI is InChI=1S/C13H9BrClNO2/c14-12-10(5-3-7-16-12)13(17)18-8-9-4-1-2-6-11(9)15/h1-7H,8H2. The highest BCUT2D eigenvalue weighted by Crippen LogP contribution is 2.18. The van der Waals surface area contributed by atoms with Crippen LogP contribution in [0.2, 0.25) is 5.02 Å². The maximum absolute atomic E-state index is 11.8. The van der Waals surface area contributed by atoms with Crippen molar-refractivity contribution in [1.82, 2.24) is 4.98 Å². The van der Waals surface area contributed by atoms with E-state index in [1.54, 1.807) is 24.4 Å². The van der Waals surface area contributed by atoms with Gasteiger partial charge in [0.1, 0.15) is 11.2 Å². The predicted molar refractivity (Wildman–Crippen MR) is 72.5 cm³/mol. The fraction of sp³-hybridized carbons (Fsp3) is 0.0769. The van der Waals surface area contributed by atoms with Crippen LogP contribution in [-0.2, 0) is 11.3 Å². The number of ether oxygens (including phenoxy) is 1. The van der Waals surface area contributed by atoms with E-state index < -0.39 is 5.97 Å². The third-order valence-electron chi connectivity index (χ3n) is 2.30. The highest BCUT2D eigenvalue weighted by Gasteiger charge is 2.12. The first kappa shape index (κ1) is 13.1. The molecule has 3 nitrogen and oxygen atoms in total. The normalized spacial score (nSPS) is 10.1. The van der Waals surface area contributed by atoms with Gasteiger partial charge < -0.3 is 4.74 Å². The minimum absolute atomic E-state index is 0.139. The van der Waals surface area contributed by atoms with Gasteiger partial charge in [0.2, 0.25) is 0 Å². The summed E-state index contributed by atoms with van der Waals surface area (Å²) in [6.07, 6.45) is 1.59. The van der Waals surface area contributed by atoms with Gasteiger partial charge in [-0.3, -0.25) is 0 Å². The van der Waals surface area contributed by atoms with E-state index in [4.69, 9.17) is 16.3 Å². The quantitative estimate of drug-likeness (QED) is 0.635. The molecule has 0 atom stereocenters. The average molecular weight is 327 g/mol. The molecule has 0 aliphatic rings. The maximum Gasteiger partial charge on any atom is 0.341 e. The second-order valence-corrected chi connectivity index (χ2v) is 4.67. The lowest BCUT2D eigenvalue weighted by Crippen LogP contribution is -2.06. The van der Waals surface area contributed by atoms with Gasteiger partial charge in [-0.25, -0.2) is 9.78 Å². The summed E-state index contributed by atoms with van der Waals surface area (Å²) in [6.45, 7) is 0.139. The van der Waals surface area contributed by atoms with Gasteiger partial charge in [0.05, 0.1) is 5.56 Å². The Balaban J connectivity index is 2.06. The Labute approximate surface area is 118 Å². The van der Waals surface area contributed by atoms with Crippen molar-refractivity contribution in [1.29, 1.82) is 0 Å². The van der Waals surface area contributed by atoms with Gasteiger partial charge in [0.25, 0.3) is 0 Å². The van der Waals surface area contributed by atoms with Crippen LogP contribution >= 0.6 is 27.5 Å². The first-order valence-electron chi connectivity index (χ1n) is 5.19. The summed E-state index contributed by atoms with van der Waals surface area (Å²) in [5.41, 5.74) is 1.16. The fourth-order valence-corrected chi connectivity index (χ4v) is 1.98. The molecule has 1 aromatic heterocycles. The monoisotopic (exact) mass is 325 g/mol. The molecular weight excluding hydrogens is 318 g/mol. The van der Waals surface area contributed by atoms with E-state index in [2.05, 4.69) is 20.9 Å². The maximum atomic E-state index is 11.8. The van der Waals surface area contributed by atoms with Gasteiger partial charge in [0, 0.05) is 16.8 Å². The van der Waals surface area contributed by atoms with E-state index in [1.165, 1.54) is 0 Å². The first-order valence-corrected chi connectivity index (χ1v) is 6.36. The SMILES string of the molecule is O=C(OCc1ccccc1Cl)c1cccnc1Br. The second-order valence-electron chi connectivity index (χ2n) is 3.51. The summed E-state index contributed by atoms with van der Waals surface area (Å²) in [7, 11) is 0. The number of carbonyl (C=O) groups is 1. The topological polar surface area (TPSA) is 39.2 Å². The first-order chi connectivity index (χ1) is 8.68. The zero-order valence-electron chi connectivity index (χ0n) is 9.27. The van der Waals surface area contributed by atoms with Gasteiger partial charge in [-0.05, 0) is 34.1 Å². The van der Waals surface area contributed by atoms with Crippen molar-refractivity contribution in [2.45, 2.75) is 6.61 Å². The average Bonchev–Trinajstić information content (AvgIpc) is 2.38. The lowest BCUT2D eigenvalue weighted by atomic mass is 10.2. The van der Waals surface area contributed by atoms with E-state index in [-0.39, 0.29) is 6.61 Å². The van der Waals surface area contributed by atoms with E-state index in [0.29, 0.717) is 15.2 Å². The van der Waals surface area contributed by atoms with Crippen molar-refractivity contribution in [3.05, 3.63) is 63.3 Å². The minimum atomic E-state index is -0.435. The molecule has 1 heterocycles. The second kappa shape index (κ2) is 5.98. The number of aromatic nitrogens is 1. The molecule has 0 radical (unpaired) electrons. The molecule has 0 saturated carbocycles. The number of hydrogen-bond donors (Lipinski definition) is 0. The molecule has 92 valence electrons. The Morgan fingerprint density at radius 3 is 2.78 bits per heavy atom. The van der Waals surface area contributed by atoms with Gasteiger partial charge in [-0.2, -0.15) is 0 Å². The van der Waals surface area contributed by atoms with Crippen LogP contribution in [0.15, 0.2) is 47.2 Å². The Kier molecular flexibility index (Phi) is 4.33. The van der Waals surface area contributed by atoms with Gasteiger partial charge >= 0.3 is 5.97 Å². The van der Waals surface area contributed by atoms with Crippen LogP contribution in [0.25, 0.3) is 0 Å². The summed E-state index contributed by atoms with van der Waals surface area (Å²) < 4.78 is 5.65. The van der Waals surface area contributed by atoms with Crippen LogP contribution < -0.4 is 0 Å². The Morgan fingerprint density at radius 1 is 1.28 bits per heavy atom. The van der Waals surface area contributed by atoms with Gasteiger partial charge in [-0.1, -0.05) is 29.8 Å². The number of esters is 1.